The average molecular weight is 477 g/mol. The molecule has 0 saturated carbocycles. The maximum Gasteiger partial charge on any atom is 0.326 e. The second-order valence-electron chi connectivity index (χ2n) is 8.09. The molecule has 0 heterocycles. The van der Waals surface area contributed by atoms with Crippen LogP contribution >= 0.6 is 0 Å². The average Bonchev–Trinajstić information content (AvgIpc) is 2.67. The maximum absolute atomic E-state index is 11.8. The summed E-state index contributed by atoms with van der Waals surface area (Å²) >= 11 is 0. The van der Waals surface area contributed by atoms with Gasteiger partial charge in [0.1, 0.15) is 6.04 Å². The normalized spacial score (nSPS) is 11.5. The Morgan fingerprint density at radius 1 is 0.667 bits per heavy atom. The van der Waals surface area contributed by atoms with Gasteiger partial charge in [-0.3, -0.25) is 9.59 Å². The molecule has 0 unspecified atom stereocenters. The number of unbranched alkanes of at least 4 members (excludes halogenated alkanes) is 14. The van der Waals surface area contributed by atoms with Crippen LogP contribution in [0.4, 0.5) is 0 Å². The summed E-state index contributed by atoms with van der Waals surface area (Å²) in [6.07, 6.45) is 18.8. The van der Waals surface area contributed by atoms with Crippen molar-refractivity contribution in [2.24, 2.45) is 0 Å². The molecule has 7 heteroatoms. The molecule has 0 fully saturated rings. The molecule has 0 saturated heterocycles. The van der Waals surface area contributed by atoms with Crippen LogP contribution in [0.15, 0.2) is 0 Å². The van der Waals surface area contributed by atoms with Crippen molar-refractivity contribution >= 4 is 17.8 Å². The zero-order valence-electron chi connectivity index (χ0n) is 18.7. The van der Waals surface area contributed by atoms with Crippen LogP contribution in [0.2, 0.25) is 0 Å². The fourth-order valence-corrected chi connectivity index (χ4v) is 3.45. The van der Waals surface area contributed by atoms with Crippen molar-refractivity contribution in [1.29, 1.82) is 0 Å². The number of hydrogen-bond acceptors (Lipinski definition) is 3. The minimum atomic E-state index is -1.18. The third kappa shape index (κ3) is 21.6. The van der Waals surface area contributed by atoms with Gasteiger partial charge in [-0.05, 0) is 12.8 Å². The van der Waals surface area contributed by atoms with Crippen LogP contribution in [0.5, 0.6) is 0 Å². The van der Waals surface area contributed by atoms with Crippen LogP contribution in [-0.2, 0) is 31.5 Å². The van der Waals surface area contributed by atoms with Crippen LogP contribution in [-0.4, -0.2) is 34.1 Å². The maximum atomic E-state index is 11.8. The van der Waals surface area contributed by atoms with Crippen molar-refractivity contribution in [2.75, 3.05) is 0 Å². The van der Waals surface area contributed by atoms with Crippen LogP contribution in [0.3, 0.4) is 0 Å². The zero-order valence-corrected chi connectivity index (χ0v) is 19.7. The summed E-state index contributed by atoms with van der Waals surface area (Å²) in [6, 6.07) is -1.12. The molecule has 0 aromatic carbocycles. The molecular formula is C23H43CuNO5. The fraction of sp³-hybridized carbons (Fsp3) is 0.870. The van der Waals surface area contributed by atoms with Gasteiger partial charge in [-0.15, -0.1) is 0 Å². The Hall–Kier alpha value is -1.07. The van der Waals surface area contributed by atoms with Crippen LogP contribution < -0.4 is 5.32 Å². The van der Waals surface area contributed by atoms with Gasteiger partial charge in [0.15, 0.2) is 0 Å². The van der Waals surface area contributed by atoms with E-state index < -0.39 is 18.0 Å². The van der Waals surface area contributed by atoms with Gasteiger partial charge in [0.2, 0.25) is 5.91 Å². The SMILES string of the molecule is CCCCCCCCCCCCCCCCCC(=O)N[C@H](CCC(=O)O)C(=O)O.[Cu]. The first kappa shape index (κ1) is 31.1. The predicted octanol–water partition coefficient (Wildman–Crippen LogP) is 5.68. The number of aliphatic carboxylic acids is 2. The first-order chi connectivity index (χ1) is 14.0. The summed E-state index contributed by atoms with van der Waals surface area (Å²) in [5.74, 6) is -2.55. The minimum Gasteiger partial charge on any atom is -0.481 e. The molecule has 0 aliphatic carbocycles. The Morgan fingerprint density at radius 3 is 1.43 bits per heavy atom. The molecule has 0 aromatic heterocycles. The summed E-state index contributed by atoms with van der Waals surface area (Å²) in [6.45, 7) is 2.25. The smallest absolute Gasteiger partial charge is 0.326 e. The zero-order chi connectivity index (χ0) is 21.7. The van der Waals surface area contributed by atoms with Gasteiger partial charge in [-0.25, -0.2) is 4.79 Å². The minimum absolute atomic E-state index is 0. The van der Waals surface area contributed by atoms with Crippen molar-refractivity contribution in [2.45, 2.75) is 129 Å². The number of carboxylic acids is 2. The van der Waals surface area contributed by atoms with Gasteiger partial charge in [0.05, 0.1) is 0 Å². The molecule has 1 atom stereocenters. The molecule has 0 aliphatic rings. The number of carbonyl (C=O) groups excluding carboxylic acids is 1. The molecule has 0 aromatic rings. The molecule has 1 radical (unpaired) electrons. The van der Waals surface area contributed by atoms with E-state index in [0.29, 0.717) is 6.42 Å². The molecule has 0 bridgehead atoms. The molecule has 3 N–H and O–H groups in total. The van der Waals surface area contributed by atoms with E-state index in [1.54, 1.807) is 0 Å². The third-order valence-corrected chi connectivity index (χ3v) is 5.29. The first-order valence-electron chi connectivity index (χ1n) is 11.7. The molecule has 30 heavy (non-hydrogen) atoms. The summed E-state index contributed by atoms with van der Waals surface area (Å²) in [5.41, 5.74) is 0. The van der Waals surface area contributed by atoms with Crippen molar-refractivity contribution in [3.8, 4) is 0 Å². The molecule has 1 amide bonds. The predicted molar refractivity (Wildman–Crippen MR) is 116 cm³/mol. The summed E-state index contributed by atoms with van der Waals surface area (Å²) in [4.78, 5) is 33.4. The second-order valence-corrected chi connectivity index (χ2v) is 8.09. The Bertz CT molecular complexity index is 445. The van der Waals surface area contributed by atoms with E-state index in [2.05, 4.69) is 12.2 Å². The number of hydrogen-bond donors (Lipinski definition) is 3. The van der Waals surface area contributed by atoms with Crippen molar-refractivity contribution < 1.29 is 41.7 Å². The van der Waals surface area contributed by atoms with Gasteiger partial charge in [0.25, 0.3) is 0 Å². The molecule has 0 spiro atoms. The summed E-state index contributed by atoms with van der Waals surface area (Å²) in [5, 5.41) is 20.1. The standard InChI is InChI=1S/C23H43NO5.Cu/c1-2-3-4-5-6-7-8-9-10-11-12-13-14-15-16-17-21(25)24-20(23(28)29)18-19-22(26)27;/h20H,2-19H2,1H3,(H,24,25)(H,26,27)(H,28,29);/t20-;/m1./s1. The molecule has 0 rings (SSSR count). The largest absolute Gasteiger partial charge is 0.481 e. The van der Waals surface area contributed by atoms with E-state index in [9.17, 15) is 14.4 Å². The number of nitrogens with one attached hydrogen (secondary N) is 1. The Labute approximate surface area is 193 Å². The van der Waals surface area contributed by atoms with Gasteiger partial charge >= 0.3 is 11.9 Å². The van der Waals surface area contributed by atoms with Gasteiger partial charge in [0, 0.05) is 29.9 Å². The van der Waals surface area contributed by atoms with E-state index in [1.165, 1.54) is 77.0 Å². The van der Waals surface area contributed by atoms with Crippen LogP contribution in [0.25, 0.3) is 0 Å². The quantitative estimate of drug-likeness (QED) is 0.146. The first-order valence-corrected chi connectivity index (χ1v) is 11.7. The molecule has 0 aliphatic heterocycles. The summed E-state index contributed by atoms with van der Waals surface area (Å²) < 4.78 is 0. The van der Waals surface area contributed by atoms with Crippen LogP contribution in [0.1, 0.15) is 122 Å². The van der Waals surface area contributed by atoms with Crippen molar-refractivity contribution in [3.63, 3.8) is 0 Å². The molecular weight excluding hydrogens is 434 g/mol. The van der Waals surface area contributed by atoms with Gasteiger partial charge in [-0.1, -0.05) is 96.8 Å². The molecule has 181 valence electrons. The van der Waals surface area contributed by atoms with Crippen molar-refractivity contribution in [3.05, 3.63) is 0 Å². The van der Waals surface area contributed by atoms with Gasteiger partial charge < -0.3 is 15.5 Å². The topological polar surface area (TPSA) is 104 Å². The fourth-order valence-electron chi connectivity index (χ4n) is 3.45. The third-order valence-electron chi connectivity index (χ3n) is 5.29. The van der Waals surface area contributed by atoms with E-state index >= 15 is 0 Å². The summed E-state index contributed by atoms with van der Waals surface area (Å²) in [7, 11) is 0. The Kier molecular flexibility index (Phi) is 23.5. The van der Waals surface area contributed by atoms with E-state index in [1.807, 2.05) is 0 Å². The van der Waals surface area contributed by atoms with Crippen molar-refractivity contribution in [1.82, 2.24) is 5.32 Å². The van der Waals surface area contributed by atoms with Crippen LogP contribution in [0, 0.1) is 0 Å². The van der Waals surface area contributed by atoms with E-state index in [0.717, 1.165) is 19.3 Å². The second kappa shape index (κ2) is 22.6. The number of carbonyl (C=O) groups is 3. The number of carboxylic acid groups (broad SMARTS) is 2. The Morgan fingerprint density at radius 2 is 1.07 bits per heavy atom. The number of rotatable bonds is 21. The monoisotopic (exact) mass is 476 g/mol. The number of amides is 1. The van der Waals surface area contributed by atoms with E-state index in [-0.39, 0.29) is 35.8 Å². The Balaban J connectivity index is 0. The van der Waals surface area contributed by atoms with E-state index in [4.69, 9.17) is 10.2 Å². The molecule has 6 nitrogen and oxygen atoms in total. The van der Waals surface area contributed by atoms with Gasteiger partial charge in [-0.2, -0.15) is 0 Å².